The number of hydrogen-bond acceptors (Lipinski definition) is 6. The highest BCUT2D eigenvalue weighted by atomic mass is 16.4. The third kappa shape index (κ3) is 3.70. The predicted molar refractivity (Wildman–Crippen MR) is 77.7 cm³/mol. The van der Waals surface area contributed by atoms with Crippen molar-refractivity contribution in [1.82, 2.24) is 15.5 Å². The van der Waals surface area contributed by atoms with E-state index in [1.165, 1.54) is 0 Å². The maximum atomic E-state index is 10.4. The normalized spacial score (nSPS) is 19.2. The Kier molecular flexibility index (Phi) is 4.99. The average Bonchev–Trinajstić information content (AvgIpc) is 3.05. The Balaban J connectivity index is 1.93. The van der Waals surface area contributed by atoms with E-state index in [0.29, 0.717) is 18.5 Å². The molecule has 0 aliphatic heterocycles. The highest BCUT2D eigenvalue weighted by molar-refractivity contribution is 5.24. The summed E-state index contributed by atoms with van der Waals surface area (Å²) in [6.07, 6.45) is 4.96. The summed E-state index contributed by atoms with van der Waals surface area (Å²) in [6, 6.07) is 0.532. The minimum Gasteiger partial charge on any atom is -0.406 e. The maximum Gasteiger partial charge on any atom is 0.318 e. The van der Waals surface area contributed by atoms with Crippen molar-refractivity contribution in [3.05, 3.63) is 5.89 Å². The molecule has 114 valence electrons. The van der Waals surface area contributed by atoms with Gasteiger partial charge in [-0.15, -0.1) is 5.10 Å². The highest BCUT2D eigenvalue weighted by Crippen LogP contribution is 2.31. The summed E-state index contributed by atoms with van der Waals surface area (Å²) in [5.41, 5.74) is -0.602. The van der Waals surface area contributed by atoms with Crippen LogP contribution >= 0.6 is 0 Å². The van der Waals surface area contributed by atoms with Gasteiger partial charge in [-0.2, -0.15) is 0 Å². The smallest absolute Gasteiger partial charge is 0.318 e. The van der Waals surface area contributed by atoms with E-state index in [0.717, 1.165) is 38.6 Å². The molecule has 1 aromatic heterocycles. The van der Waals surface area contributed by atoms with Crippen LogP contribution in [-0.2, 0) is 0 Å². The molecule has 0 bridgehead atoms. The van der Waals surface area contributed by atoms with E-state index >= 15 is 0 Å². The Morgan fingerprint density at radius 1 is 1.40 bits per heavy atom. The van der Waals surface area contributed by atoms with Crippen LogP contribution < -0.4 is 10.2 Å². The maximum absolute atomic E-state index is 10.4. The summed E-state index contributed by atoms with van der Waals surface area (Å²) >= 11 is 0. The number of hydrogen-bond donors (Lipinski definition) is 2. The van der Waals surface area contributed by atoms with Gasteiger partial charge in [-0.3, -0.25) is 0 Å². The van der Waals surface area contributed by atoms with Gasteiger partial charge in [0, 0.05) is 7.05 Å². The van der Waals surface area contributed by atoms with Gasteiger partial charge in [0.15, 0.2) is 0 Å². The van der Waals surface area contributed by atoms with Crippen molar-refractivity contribution in [2.75, 3.05) is 25.0 Å². The second-order valence-electron chi connectivity index (χ2n) is 5.89. The number of nitrogens with zero attached hydrogens (tertiary/aromatic N) is 3. The number of likely N-dealkylation sites (N-methyl/N-ethyl adjacent to an activating group) is 1. The van der Waals surface area contributed by atoms with Crippen LogP contribution in [0, 0.1) is 0 Å². The van der Waals surface area contributed by atoms with Crippen LogP contribution in [0.2, 0.25) is 0 Å². The van der Waals surface area contributed by atoms with Gasteiger partial charge in [-0.25, -0.2) is 0 Å². The highest BCUT2D eigenvalue weighted by Gasteiger charge is 2.33. The zero-order valence-electron chi connectivity index (χ0n) is 12.7. The lowest BCUT2D eigenvalue weighted by molar-refractivity contribution is 0.0549. The third-order valence-electron chi connectivity index (χ3n) is 3.89. The summed E-state index contributed by atoms with van der Waals surface area (Å²) < 4.78 is 5.69. The van der Waals surface area contributed by atoms with E-state index in [4.69, 9.17) is 4.42 Å². The molecule has 6 nitrogen and oxygen atoms in total. The summed E-state index contributed by atoms with van der Waals surface area (Å²) in [5, 5.41) is 21.9. The molecular weight excluding hydrogens is 256 g/mol. The summed E-state index contributed by atoms with van der Waals surface area (Å²) in [7, 11) is 1.89. The van der Waals surface area contributed by atoms with Crippen molar-refractivity contribution in [2.45, 2.75) is 57.6 Å². The van der Waals surface area contributed by atoms with Crippen LogP contribution in [0.5, 0.6) is 0 Å². The molecule has 1 heterocycles. The van der Waals surface area contributed by atoms with E-state index in [1.54, 1.807) is 0 Å². The van der Waals surface area contributed by atoms with E-state index in [9.17, 15) is 5.11 Å². The molecule has 2 N–H and O–H groups in total. The quantitative estimate of drug-likeness (QED) is 0.795. The number of rotatable bonds is 7. The number of aliphatic hydroxyl groups is 1. The lowest BCUT2D eigenvalue weighted by atomic mass is 10.0. The zero-order chi connectivity index (χ0) is 14.6. The molecule has 0 saturated heterocycles. The molecule has 1 atom stereocenters. The second kappa shape index (κ2) is 6.54. The number of aromatic nitrogens is 2. The first kappa shape index (κ1) is 15.3. The van der Waals surface area contributed by atoms with Gasteiger partial charge in [-0.05, 0) is 32.7 Å². The van der Waals surface area contributed by atoms with Crippen molar-refractivity contribution < 1.29 is 9.52 Å². The fourth-order valence-electron chi connectivity index (χ4n) is 2.70. The van der Waals surface area contributed by atoms with Crippen molar-refractivity contribution in [2.24, 2.45) is 0 Å². The molecule has 0 amide bonds. The Bertz CT molecular complexity index is 415. The zero-order valence-corrected chi connectivity index (χ0v) is 12.7. The van der Waals surface area contributed by atoms with E-state index in [2.05, 4.69) is 22.4 Å². The lowest BCUT2D eigenvalue weighted by Gasteiger charge is -2.27. The van der Waals surface area contributed by atoms with E-state index in [1.807, 2.05) is 18.9 Å². The summed E-state index contributed by atoms with van der Waals surface area (Å²) in [5.74, 6) is 0.596. The van der Waals surface area contributed by atoms with Gasteiger partial charge in [0.2, 0.25) is 5.89 Å². The molecule has 1 aliphatic carbocycles. The molecule has 1 aromatic rings. The van der Waals surface area contributed by atoms with Gasteiger partial charge in [0.25, 0.3) is 0 Å². The van der Waals surface area contributed by atoms with Crippen LogP contribution in [0.1, 0.15) is 57.9 Å². The van der Waals surface area contributed by atoms with Crippen LogP contribution in [0.25, 0.3) is 0 Å². The van der Waals surface area contributed by atoms with Crippen molar-refractivity contribution >= 4 is 6.01 Å². The van der Waals surface area contributed by atoms with Crippen molar-refractivity contribution in [3.8, 4) is 0 Å². The van der Waals surface area contributed by atoms with Crippen LogP contribution in [0.15, 0.2) is 4.42 Å². The van der Waals surface area contributed by atoms with Crippen molar-refractivity contribution in [1.29, 1.82) is 0 Å². The van der Waals surface area contributed by atoms with Gasteiger partial charge in [-0.1, -0.05) is 24.9 Å². The van der Waals surface area contributed by atoms with Gasteiger partial charge in [0.05, 0.1) is 18.2 Å². The third-order valence-corrected chi connectivity index (χ3v) is 3.89. The Hall–Kier alpha value is -1.14. The first-order valence-electron chi connectivity index (χ1n) is 7.54. The topological polar surface area (TPSA) is 74.4 Å². The molecule has 1 saturated carbocycles. The van der Waals surface area contributed by atoms with Crippen molar-refractivity contribution in [3.63, 3.8) is 0 Å². The molecule has 1 aliphatic rings. The summed E-state index contributed by atoms with van der Waals surface area (Å²) in [6.45, 7) is 5.60. The monoisotopic (exact) mass is 282 g/mol. The lowest BCUT2D eigenvalue weighted by Crippen LogP contribution is -2.39. The Morgan fingerprint density at radius 2 is 2.10 bits per heavy atom. The van der Waals surface area contributed by atoms with Gasteiger partial charge in [0.1, 0.15) is 0 Å². The molecule has 1 unspecified atom stereocenters. The second-order valence-corrected chi connectivity index (χ2v) is 5.89. The molecule has 0 spiro atoms. The fraction of sp³-hybridized carbons (Fsp3) is 0.857. The summed E-state index contributed by atoms with van der Waals surface area (Å²) in [4.78, 5) is 1.86. The van der Waals surface area contributed by atoms with Crippen LogP contribution in [-0.4, -0.2) is 41.0 Å². The number of anilines is 1. The minimum atomic E-state index is -0.602. The molecule has 1 fully saturated rings. The van der Waals surface area contributed by atoms with E-state index < -0.39 is 5.60 Å². The predicted octanol–water partition coefficient (Wildman–Crippen LogP) is 1.87. The molecule has 6 heteroatoms. The first-order chi connectivity index (χ1) is 9.54. The van der Waals surface area contributed by atoms with Crippen LogP contribution in [0.4, 0.5) is 6.01 Å². The van der Waals surface area contributed by atoms with Gasteiger partial charge >= 0.3 is 6.01 Å². The molecule has 2 rings (SSSR count). The molecule has 0 aromatic carbocycles. The van der Waals surface area contributed by atoms with Gasteiger partial charge < -0.3 is 19.7 Å². The first-order valence-corrected chi connectivity index (χ1v) is 7.54. The molecule has 20 heavy (non-hydrogen) atoms. The average molecular weight is 282 g/mol. The largest absolute Gasteiger partial charge is 0.406 e. The molecular formula is C14H26N4O2. The number of nitrogens with one attached hydrogen (secondary N) is 1. The Labute approximate surface area is 120 Å². The van der Waals surface area contributed by atoms with E-state index in [-0.39, 0.29) is 6.04 Å². The molecule has 0 radical (unpaired) electrons. The van der Waals surface area contributed by atoms with Crippen LogP contribution in [0.3, 0.4) is 0 Å². The standard InChI is InChI=1S/C14H26N4O2/c1-4-9-15-11(2)12-16-17-13(20-12)18(3)10-14(19)7-5-6-8-14/h11,15,19H,4-10H2,1-3H3. The fourth-order valence-corrected chi connectivity index (χ4v) is 2.70. The SMILES string of the molecule is CCCNC(C)c1nnc(N(C)CC2(O)CCCC2)o1. The minimum absolute atomic E-state index is 0.0548. The Morgan fingerprint density at radius 3 is 2.75 bits per heavy atom.